The number of para-hydroxylation sites is 1. The van der Waals surface area contributed by atoms with Gasteiger partial charge in [-0.1, -0.05) is 30.2 Å². The highest BCUT2D eigenvalue weighted by Gasteiger charge is 2.45. The second-order valence-electron chi connectivity index (χ2n) is 7.15. The van der Waals surface area contributed by atoms with Crippen molar-refractivity contribution >= 4 is 10.4 Å². The van der Waals surface area contributed by atoms with Crippen LogP contribution in [0.3, 0.4) is 0 Å². The van der Waals surface area contributed by atoms with Gasteiger partial charge in [-0.15, -0.1) is 4.72 Å². The van der Waals surface area contributed by atoms with Gasteiger partial charge in [0, 0.05) is 13.1 Å². The standard InChI is InChI=1S/C17H26N2O3S/c1-14(2)7-10-19-11-8-17(9-12-19)13-22-15-5-3-4-6-16(15)23(20,21)18-17/h3-6,14H,7-13H2,1-2H3,(H-,18,20,21). The van der Waals surface area contributed by atoms with E-state index in [0.717, 1.165) is 32.5 Å². The molecule has 2 aliphatic rings. The van der Waals surface area contributed by atoms with Crippen molar-refractivity contribution in [2.24, 2.45) is 5.92 Å². The lowest BCUT2D eigenvalue weighted by Gasteiger charge is -2.40. The molecule has 5 nitrogen and oxygen atoms in total. The molecule has 1 saturated heterocycles. The topological polar surface area (TPSA) is 64.6 Å². The van der Waals surface area contributed by atoms with Crippen molar-refractivity contribution in [2.75, 3.05) is 26.2 Å². The Bertz CT molecular complexity index is 597. The van der Waals surface area contributed by atoms with Crippen LogP contribution in [0.2, 0.25) is 0 Å². The van der Waals surface area contributed by atoms with Crippen LogP contribution in [0.1, 0.15) is 33.1 Å². The van der Waals surface area contributed by atoms with Gasteiger partial charge in [-0.3, -0.25) is 0 Å². The molecule has 1 aromatic rings. The normalized spacial score (nSPS) is 27.5. The van der Waals surface area contributed by atoms with Crippen molar-refractivity contribution < 1.29 is 13.5 Å². The summed E-state index contributed by atoms with van der Waals surface area (Å²) in [5.41, 5.74) is -0.480. The molecule has 1 spiro atoms. The van der Waals surface area contributed by atoms with Gasteiger partial charge < -0.3 is 14.2 Å². The minimum atomic E-state index is -3.52. The van der Waals surface area contributed by atoms with Crippen molar-refractivity contribution in [1.82, 2.24) is 9.62 Å². The van der Waals surface area contributed by atoms with Crippen molar-refractivity contribution in [3.05, 3.63) is 24.3 Å². The Balaban J connectivity index is 1.70. The van der Waals surface area contributed by atoms with E-state index in [2.05, 4.69) is 23.5 Å². The first-order valence-electron chi connectivity index (χ1n) is 8.38. The van der Waals surface area contributed by atoms with Crippen LogP contribution in [-0.4, -0.2) is 41.2 Å². The van der Waals surface area contributed by atoms with Gasteiger partial charge in [0.2, 0.25) is 4.90 Å². The maximum Gasteiger partial charge on any atom is 0.216 e. The van der Waals surface area contributed by atoms with E-state index in [1.165, 1.54) is 6.42 Å². The van der Waals surface area contributed by atoms with E-state index in [1.807, 2.05) is 0 Å². The van der Waals surface area contributed by atoms with Crippen LogP contribution in [-0.2, 0) is 14.6 Å². The summed E-state index contributed by atoms with van der Waals surface area (Å²) in [6.45, 7) is 7.78. The van der Waals surface area contributed by atoms with E-state index in [4.69, 9.17) is 4.74 Å². The second kappa shape index (κ2) is 6.51. The fourth-order valence-electron chi connectivity index (χ4n) is 3.27. The Kier molecular flexibility index (Phi) is 4.78. The Hall–Kier alpha value is -0.950. The molecule has 1 atom stereocenters. The second-order valence-corrected chi connectivity index (χ2v) is 8.80. The van der Waals surface area contributed by atoms with Gasteiger partial charge in [0.05, 0.1) is 5.54 Å². The highest BCUT2D eigenvalue weighted by Crippen LogP contribution is 2.35. The number of nitrogens with zero attached hydrogens (tertiary/aromatic N) is 1. The molecule has 128 valence electrons. The van der Waals surface area contributed by atoms with Gasteiger partial charge in [-0.05, 0) is 43.9 Å². The largest absolute Gasteiger partial charge is 0.593 e. The molecule has 6 heteroatoms. The molecule has 0 amide bonds. The number of sulfonamides is 1. The van der Waals surface area contributed by atoms with Gasteiger partial charge in [0.1, 0.15) is 6.61 Å². The van der Waals surface area contributed by atoms with Crippen LogP contribution in [0.25, 0.3) is 0 Å². The van der Waals surface area contributed by atoms with Crippen LogP contribution in [0.4, 0.5) is 0 Å². The zero-order valence-corrected chi connectivity index (χ0v) is 14.7. The first-order chi connectivity index (χ1) is 10.9. The molecule has 1 aromatic carbocycles. The number of benzene rings is 1. The van der Waals surface area contributed by atoms with Crippen LogP contribution in [0.15, 0.2) is 29.2 Å². The highest BCUT2D eigenvalue weighted by molar-refractivity contribution is 7.96. The molecule has 23 heavy (non-hydrogen) atoms. The number of rotatable bonds is 3. The predicted molar refractivity (Wildman–Crippen MR) is 90.0 cm³/mol. The Morgan fingerprint density at radius 2 is 2.04 bits per heavy atom. The van der Waals surface area contributed by atoms with Crippen LogP contribution in [0.5, 0.6) is 5.75 Å². The molecule has 1 N–H and O–H groups in total. The number of likely N-dealkylation sites (tertiary alicyclic amines) is 1. The molecule has 1 unspecified atom stereocenters. The van der Waals surface area contributed by atoms with Gasteiger partial charge in [0.25, 0.3) is 0 Å². The number of piperidine rings is 1. The van der Waals surface area contributed by atoms with Gasteiger partial charge in [-0.2, -0.15) is 0 Å². The Morgan fingerprint density at radius 3 is 2.74 bits per heavy atom. The molecule has 0 bridgehead atoms. The molecular weight excluding hydrogens is 312 g/mol. The Morgan fingerprint density at radius 1 is 1.35 bits per heavy atom. The summed E-state index contributed by atoms with van der Waals surface area (Å²) >= 11 is 0. The average Bonchev–Trinajstić information content (AvgIpc) is 2.62. The zero-order chi connectivity index (χ0) is 16.5. The quantitative estimate of drug-likeness (QED) is 0.860. The van der Waals surface area contributed by atoms with Crippen molar-refractivity contribution in [2.45, 2.75) is 43.5 Å². The Labute approximate surface area is 139 Å². The van der Waals surface area contributed by atoms with E-state index < -0.39 is 15.9 Å². The number of ether oxygens (including phenoxy) is 1. The van der Waals surface area contributed by atoms with E-state index in [9.17, 15) is 8.76 Å². The molecule has 0 aliphatic carbocycles. The van der Waals surface area contributed by atoms with Gasteiger partial charge in [-0.25, -0.2) is 0 Å². The van der Waals surface area contributed by atoms with Crippen LogP contribution >= 0.6 is 0 Å². The summed E-state index contributed by atoms with van der Waals surface area (Å²) in [5, 5.41) is 0. The summed E-state index contributed by atoms with van der Waals surface area (Å²) in [4.78, 5) is 2.68. The fourth-order valence-corrected chi connectivity index (χ4v) is 4.86. The molecule has 0 aromatic heterocycles. The van der Waals surface area contributed by atoms with Crippen LogP contribution in [0, 0.1) is 5.92 Å². The average molecular weight is 338 g/mol. The summed E-state index contributed by atoms with van der Waals surface area (Å²) in [5.74, 6) is 1.15. The van der Waals surface area contributed by atoms with E-state index in [0.29, 0.717) is 18.3 Å². The van der Waals surface area contributed by atoms with Crippen LogP contribution < -0.4 is 9.46 Å². The highest BCUT2D eigenvalue weighted by atomic mass is 32.3. The third-order valence-electron chi connectivity index (χ3n) is 4.83. The van der Waals surface area contributed by atoms with Gasteiger partial charge >= 0.3 is 0 Å². The van der Waals surface area contributed by atoms with E-state index in [-0.39, 0.29) is 4.90 Å². The van der Waals surface area contributed by atoms with E-state index in [1.54, 1.807) is 24.3 Å². The minimum Gasteiger partial charge on any atom is -0.593 e. The third kappa shape index (κ3) is 3.76. The number of hydrogen-bond donors (Lipinski definition) is 1. The maximum atomic E-state index is 12.7. The first kappa shape index (κ1) is 16.9. The van der Waals surface area contributed by atoms with Crippen molar-refractivity contribution in [1.29, 1.82) is 0 Å². The molecule has 3 rings (SSSR count). The summed E-state index contributed by atoms with van der Waals surface area (Å²) in [6, 6.07) is 6.87. The number of hydrogen-bond acceptors (Lipinski definition) is 4. The monoisotopic (exact) mass is 338 g/mol. The maximum absolute atomic E-state index is 12.7. The third-order valence-corrected chi connectivity index (χ3v) is 6.45. The predicted octanol–water partition coefficient (Wildman–Crippen LogP) is 2.45. The molecular formula is C17H26N2O3S. The lowest BCUT2D eigenvalue weighted by atomic mass is 9.89. The zero-order valence-electron chi connectivity index (χ0n) is 13.9. The van der Waals surface area contributed by atoms with Crippen molar-refractivity contribution in [3.63, 3.8) is 0 Å². The minimum absolute atomic E-state index is 0.249. The first-order valence-corrected chi connectivity index (χ1v) is 9.87. The molecule has 0 radical (unpaired) electrons. The smallest absolute Gasteiger partial charge is 0.216 e. The molecule has 2 aliphatic heterocycles. The summed E-state index contributed by atoms with van der Waals surface area (Å²) in [6.07, 6.45) is 2.76. The summed E-state index contributed by atoms with van der Waals surface area (Å²) in [7, 11) is -3.52. The molecule has 2 heterocycles. The SMILES string of the molecule is CC(C)CCN1CCC2(CC1)COc1ccccc1[S+](=O)([O-])N2. The lowest BCUT2D eigenvalue weighted by Crippen LogP contribution is -2.58. The lowest BCUT2D eigenvalue weighted by molar-refractivity contribution is 0.103. The molecule has 0 saturated carbocycles. The summed E-state index contributed by atoms with van der Waals surface area (Å²) < 4.78 is 34.1. The fraction of sp³-hybridized carbons (Fsp3) is 0.647. The number of fused-ring (bicyclic) bond motifs is 1. The van der Waals surface area contributed by atoms with Gasteiger partial charge in [0.15, 0.2) is 16.1 Å². The van der Waals surface area contributed by atoms with Crippen molar-refractivity contribution in [3.8, 4) is 5.75 Å². The number of nitrogens with one attached hydrogen (secondary N) is 1. The van der Waals surface area contributed by atoms with E-state index >= 15 is 0 Å². The molecule has 1 fully saturated rings.